The highest BCUT2D eigenvalue weighted by Crippen LogP contribution is 2.10. The third-order valence-electron chi connectivity index (χ3n) is 2.75. The smallest absolute Gasteiger partial charge is 0.126 e. The molecule has 0 fully saturated rings. The monoisotopic (exact) mass is 299 g/mol. The van der Waals surface area contributed by atoms with Crippen LogP contribution < -0.4 is 5.32 Å². The lowest BCUT2D eigenvalue weighted by molar-refractivity contribution is 0.598. The van der Waals surface area contributed by atoms with E-state index in [0.29, 0.717) is 6.42 Å². The number of rotatable bonds is 5. The number of hydrogen-bond donors (Lipinski definition) is 1. The van der Waals surface area contributed by atoms with Gasteiger partial charge in [0.05, 0.1) is 0 Å². The van der Waals surface area contributed by atoms with E-state index in [1.54, 1.807) is 6.07 Å². The van der Waals surface area contributed by atoms with Gasteiger partial charge in [-0.3, -0.25) is 0 Å². The molecule has 0 spiro atoms. The molecule has 2 aromatic carbocycles. The zero-order chi connectivity index (χ0) is 12.8. The van der Waals surface area contributed by atoms with E-state index in [1.165, 1.54) is 6.07 Å². The Morgan fingerprint density at radius 1 is 1.05 bits per heavy atom. The Balaban J connectivity index is 0.00000180. The van der Waals surface area contributed by atoms with Crippen LogP contribution in [0.1, 0.15) is 11.1 Å². The molecule has 0 aliphatic rings. The summed E-state index contributed by atoms with van der Waals surface area (Å²) in [6, 6.07) is 14.6. The van der Waals surface area contributed by atoms with Gasteiger partial charge in [0.2, 0.25) is 0 Å². The Morgan fingerprint density at radius 3 is 2.58 bits per heavy atom. The molecule has 2 aromatic rings. The summed E-state index contributed by atoms with van der Waals surface area (Å²) in [5.74, 6) is -0.137. The number of benzene rings is 2. The Kier molecular flexibility index (Phi) is 6.85. The molecule has 0 amide bonds. The fourth-order valence-corrected chi connectivity index (χ4v) is 2.02. The van der Waals surface area contributed by atoms with Crippen LogP contribution in [0, 0.1) is 5.82 Å². The molecule has 0 saturated carbocycles. The lowest BCUT2D eigenvalue weighted by Gasteiger charge is -2.06. The summed E-state index contributed by atoms with van der Waals surface area (Å²) in [6.07, 6.45) is 0.688. The summed E-state index contributed by atoms with van der Waals surface area (Å²) in [5.41, 5.74) is 1.88. The first kappa shape index (κ1) is 16.0. The van der Waals surface area contributed by atoms with Crippen molar-refractivity contribution in [3.05, 3.63) is 70.5 Å². The molecule has 0 atom stereocenters. The maximum Gasteiger partial charge on any atom is 0.126 e. The van der Waals surface area contributed by atoms with Crippen molar-refractivity contribution in [2.45, 2.75) is 13.0 Å². The Hall–Kier alpha value is -1.09. The molecule has 4 heteroatoms. The van der Waals surface area contributed by atoms with Crippen molar-refractivity contribution in [2.24, 2.45) is 0 Å². The maximum atomic E-state index is 13.3. The predicted octanol–water partition coefficient (Wildman–Crippen LogP) is 4.23. The molecular formula is C15H16Cl2FN. The summed E-state index contributed by atoms with van der Waals surface area (Å²) in [7, 11) is 0. The van der Waals surface area contributed by atoms with Gasteiger partial charge in [-0.05, 0) is 42.3 Å². The van der Waals surface area contributed by atoms with Crippen LogP contribution in [-0.4, -0.2) is 6.54 Å². The van der Waals surface area contributed by atoms with Crippen LogP contribution in [0.4, 0.5) is 4.39 Å². The van der Waals surface area contributed by atoms with E-state index < -0.39 is 0 Å². The molecule has 0 bridgehead atoms. The van der Waals surface area contributed by atoms with Crippen molar-refractivity contribution in [1.82, 2.24) is 5.32 Å². The van der Waals surface area contributed by atoms with Crippen LogP contribution in [0.2, 0.25) is 5.02 Å². The van der Waals surface area contributed by atoms with Crippen molar-refractivity contribution in [1.29, 1.82) is 0 Å². The topological polar surface area (TPSA) is 12.0 Å². The van der Waals surface area contributed by atoms with Crippen molar-refractivity contribution in [2.75, 3.05) is 6.54 Å². The first-order valence-corrected chi connectivity index (χ1v) is 6.32. The second-order valence-electron chi connectivity index (χ2n) is 4.15. The summed E-state index contributed by atoms with van der Waals surface area (Å²) < 4.78 is 13.3. The molecule has 19 heavy (non-hydrogen) atoms. The standard InChI is InChI=1S/C15H15ClFN.ClH/c16-14-6-3-4-12(10-14)11-18-9-8-13-5-1-2-7-15(13)17;/h1-7,10,18H,8-9,11H2;1H. The summed E-state index contributed by atoms with van der Waals surface area (Å²) in [6.45, 7) is 1.49. The molecule has 0 saturated heterocycles. The van der Waals surface area contributed by atoms with E-state index in [9.17, 15) is 4.39 Å². The van der Waals surface area contributed by atoms with Crippen molar-refractivity contribution < 1.29 is 4.39 Å². The van der Waals surface area contributed by atoms with Gasteiger partial charge in [0.15, 0.2) is 0 Å². The molecule has 0 aliphatic carbocycles. The van der Waals surface area contributed by atoms with E-state index in [2.05, 4.69) is 5.32 Å². The largest absolute Gasteiger partial charge is 0.312 e. The third kappa shape index (κ3) is 5.19. The van der Waals surface area contributed by atoms with E-state index in [4.69, 9.17) is 11.6 Å². The molecular weight excluding hydrogens is 284 g/mol. The Bertz CT molecular complexity index is 517. The first-order valence-electron chi connectivity index (χ1n) is 5.94. The van der Waals surface area contributed by atoms with Crippen molar-refractivity contribution in [3.8, 4) is 0 Å². The van der Waals surface area contributed by atoms with Crippen LogP contribution >= 0.6 is 24.0 Å². The zero-order valence-corrected chi connectivity index (χ0v) is 12.0. The van der Waals surface area contributed by atoms with Crippen LogP contribution in [0.3, 0.4) is 0 Å². The molecule has 0 heterocycles. The highest BCUT2D eigenvalue weighted by molar-refractivity contribution is 6.30. The van der Waals surface area contributed by atoms with Gasteiger partial charge in [-0.1, -0.05) is 41.9 Å². The van der Waals surface area contributed by atoms with E-state index in [0.717, 1.165) is 29.2 Å². The van der Waals surface area contributed by atoms with Gasteiger partial charge in [-0.2, -0.15) is 0 Å². The molecule has 102 valence electrons. The summed E-state index contributed by atoms with van der Waals surface area (Å²) >= 11 is 5.90. The minimum absolute atomic E-state index is 0. The van der Waals surface area contributed by atoms with Gasteiger partial charge in [0.1, 0.15) is 5.82 Å². The normalized spacial score (nSPS) is 10.0. The van der Waals surface area contributed by atoms with E-state index in [-0.39, 0.29) is 18.2 Å². The van der Waals surface area contributed by atoms with E-state index >= 15 is 0 Å². The number of hydrogen-bond acceptors (Lipinski definition) is 1. The van der Waals surface area contributed by atoms with Crippen molar-refractivity contribution in [3.63, 3.8) is 0 Å². The van der Waals surface area contributed by atoms with Crippen LogP contribution in [0.25, 0.3) is 0 Å². The molecule has 0 aromatic heterocycles. The first-order chi connectivity index (χ1) is 8.75. The Labute approximate surface area is 124 Å². The molecule has 1 nitrogen and oxygen atoms in total. The SMILES string of the molecule is Cl.Fc1ccccc1CCNCc1cccc(Cl)c1. The van der Waals surface area contributed by atoms with Crippen LogP contribution in [-0.2, 0) is 13.0 Å². The highest BCUT2D eigenvalue weighted by Gasteiger charge is 2.00. The number of nitrogens with one attached hydrogen (secondary N) is 1. The van der Waals surface area contributed by atoms with Crippen LogP contribution in [0.5, 0.6) is 0 Å². The quantitative estimate of drug-likeness (QED) is 0.815. The van der Waals surface area contributed by atoms with Crippen molar-refractivity contribution >= 4 is 24.0 Å². The lowest BCUT2D eigenvalue weighted by Crippen LogP contribution is -2.17. The van der Waals surface area contributed by atoms with Gasteiger partial charge in [-0.25, -0.2) is 4.39 Å². The van der Waals surface area contributed by atoms with Crippen LogP contribution in [0.15, 0.2) is 48.5 Å². The van der Waals surface area contributed by atoms with Gasteiger partial charge in [-0.15, -0.1) is 12.4 Å². The van der Waals surface area contributed by atoms with Gasteiger partial charge >= 0.3 is 0 Å². The predicted molar refractivity (Wildman–Crippen MR) is 80.5 cm³/mol. The van der Waals surface area contributed by atoms with Gasteiger partial charge in [0, 0.05) is 11.6 Å². The second kappa shape index (κ2) is 8.16. The molecule has 0 aliphatic heterocycles. The zero-order valence-electron chi connectivity index (χ0n) is 10.4. The summed E-state index contributed by atoms with van der Waals surface area (Å²) in [4.78, 5) is 0. The minimum atomic E-state index is -0.137. The van der Waals surface area contributed by atoms with Gasteiger partial charge in [0.25, 0.3) is 0 Å². The minimum Gasteiger partial charge on any atom is -0.312 e. The molecule has 1 N–H and O–H groups in total. The number of halogens is 3. The van der Waals surface area contributed by atoms with E-state index in [1.807, 2.05) is 36.4 Å². The molecule has 2 rings (SSSR count). The average molecular weight is 300 g/mol. The highest BCUT2D eigenvalue weighted by atomic mass is 35.5. The lowest BCUT2D eigenvalue weighted by atomic mass is 10.1. The fraction of sp³-hybridized carbons (Fsp3) is 0.200. The second-order valence-corrected chi connectivity index (χ2v) is 4.58. The molecule has 0 radical (unpaired) electrons. The average Bonchev–Trinajstić information content (AvgIpc) is 2.37. The molecule has 0 unspecified atom stereocenters. The summed E-state index contributed by atoms with van der Waals surface area (Å²) in [5, 5.41) is 4.02. The Morgan fingerprint density at radius 2 is 1.84 bits per heavy atom. The van der Waals surface area contributed by atoms with Gasteiger partial charge < -0.3 is 5.32 Å². The third-order valence-corrected chi connectivity index (χ3v) is 2.98. The fourth-order valence-electron chi connectivity index (χ4n) is 1.80. The maximum absolute atomic E-state index is 13.3.